The summed E-state index contributed by atoms with van der Waals surface area (Å²) in [4.78, 5) is 25.4. The number of nitrogens with zero attached hydrogens (tertiary/aromatic N) is 3. The SMILES string of the molecule is Cc1ccc([N+](=O)[O-])cc1S(=O)(=O)N1CCCC(Oc2ccnc(C(N)=O)c2)C1. The van der Waals surface area contributed by atoms with Gasteiger partial charge in [-0.3, -0.25) is 19.9 Å². The fourth-order valence-electron chi connectivity index (χ4n) is 3.15. The Labute approximate surface area is 167 Å². The van der Waals surface area contributed by atoms with Crippen LogP contribution in [0.3, 0.4) is 0 Å². The molecule has 1 aromatic heterocycles. The van der Waals surface area contributed by atoms with E-state index in [2.05, 4.69) is 4.98 Å². The van der Waals surface area contributed by atoms with Crippen molar-refractivity contribution in [3.8, 4) is 5.75 Å². The summed E-state index contributed by atoms with van der Waals surface area (Å²) in [7, 11) is -3.93. The molecule has 1 aromatic carbocycles. The number of aryl methyl sites for hydroxylation is 1. The second-order valence-electron chi connectivity index (χ2n) is 6.69. The molecule has 1 amide bonds. The van der Waals surface area contributed by atoms with Crippen molar-refractivity contribution < 1.29 is 22.9 Å². The second-order valence-corrected chi connectivity index (χ2v) is 8.60. The number of rotatable bonds is 6. The number of carbonyl (C=O) groups is 1. The van der Waals surface area contributed by atoms with Gasteiger partial charge in [0.05, 0.1) is 16.4 Å². The molecule has 0 aliphatic carbocycles. The number of pyridine rings is 1. The molecule has 1 saturated heterocycles. The maximum Gasteiger partial charge on any atom is 0.270 e. The molecule has 0 radical (unpaired) electrons. The first kappa shape index (κ1) is 20.7. The average Bonchev–Trinajstić information content (AvgIpc) is 2.68. The summed E-state index contributed by atoms with van der Waals surface area (Å²) >= 11 is 0. The largest absolute Gasteiger partial charge is 0.489 e. The van der Waals surface area contributed by atoms with E-state index in [9.17, 15) is 23.3 Å². The lowest BCUT2D eigenvalue weighted by molar-refractivity contribution is -0.385. The summed E-state index contributed by atoms with van der Waals surface area (Å²) in [6.07, 6.45) is 2.12. The monoisotopic (exact) mass is 420 g/mol. The zero-order valence-electron chi connectivity index (χ0n) is 15.6. The van der Waals surface area contributed by atoms with Crippen LogP contribution in [-0.4, -0.2) is 47.7 Å². The summed E-state index contributed by atoms with van der Waals surface area (Å²) < 4.78 is 33.3. The number of primary amides is 1. The third-order valence-corrected chi connectivity index (χ3v) is 6.63. The van der Waals surface area contributed by atoms with E-state index in [0.29, 0.717) is 24.2 Å². The van der Waals surface area contributed by atoms with Crippen LogP contribution in [0.2, 0.25) is 0 Å². The fourth-order valence-corrected chi connectivity index (χ4v) is 4.91. The molecule has 3 rings (SSSR count). The molecule has 2 N–H and O–H groups in total. The Morgan fingerprint density at radius 3 is 2.79 bits per heavy atom. The number of hydrogen-bond acceptors (Lipinski definition) is 7. The highest BCUT2D eigenvalue weighted by molar-refractivity contribution is 7.89. The van der Waals surface area contributed by atoms with E-state index < -0.39 is 27.0 Å². The first-order valence-corrected chi connectivity index (χ1v) is 10.3. The number of amides is 1. The zero-order chi connectivity index (χ0) is 21.2. The van der Waals surface area contributed by atoms with Crippen LogP contribution in [-0.2, 0) is 10.0 Å². The van der Waals surface area contributed by atoms with Crippen LogP contribution in [0.5, 0.6) is 5.75 Å². The molecule has 0 bridgehead atoms. The first-order valence-electron chi connectivity index (χ1n) is 8.86. The number of non-ortho nitro benzene ring substituents is 1. The predicted molar refractivity (Wildman–Crippen MR) is 103 cm³/mol. The molecule has 29 heavy (non-hydrogen) atoms. The second kappa shape index (κ2) is 8.13. The van der Waals surface area contributed by atoms with Gasteiger partial charge in [0.15, 0.2) is 0 Å². The van der Waals surface area contributed by atoms with Crippen LogP contribution in [0.25, 0.3) is 0 Å². The van der Waals surface area contributed by atoms with Crippen LogP contribution in [0.1, 0.15) is 28.9 Å². The van der Waals surface area contributed by atoms with Gasteiger partial charge in [-0.1, -0.05) is 6.07 Å². The molecule has 1 unspecified atom stereocenters. The first-order chi connectivity index (χ1) is 13.7. The predicted octanol–water partition coefficient (Wildman–Crippen LogP) is 1.63. The number of benzene rings is 1. The summed E-state index contributed by atoms with van der Waals surface area (Å²) in [6, 6.07) is 6.74. The molecule has 10 nitrogen and oxygen atoms in total. The summed E-state index contributed by atoms with van der Waals surface area (Å²) in [5.41, 5.74) is 5.41. The molecule has 1 aliphatic heterocycles. The Bertz CT molecular complexity index is 1060. The van der Waals surface area contributed by atoms with Gasteiger partial charge in [0, 0.05) is 30.9 Å². The quantitative estimate of drug-likeness (QED) is 0.552. The van der Waals surface area contributed by atoms with Crippen LogP contribution in [0, 0.1) is 17.0 Å². The smallest absolute Gasteiger partial charge is 0.270 e. The molecular weight excluding hydrogens is 400 g/mol. The number of ether oxygens (including phenoxy) is 1. The van der Waals surface area contributed by atoms with Crippen molar-refractivity contribution in [2.24, 2.45) is 5.73 Å². The maximum atomic E-state index is 13.1. The van der Waals surface area contributed by atoms with Crippen molar-refractivity contribution in [2.45, 2.75) is 30.8 Å². The molecule has 0 spiro atoms. The molecule has 11 heteroatoms. The molecule has 0 saturated carbocycles. The number of nitrogens with two attached hydrogens (primary N) is 1. The van der Waals surface area contributed by atoms with E-state index in [1.165, 1.54) is 28.7 Å². The lowest BCUT2D eigenvalue weighted by atomic mass is 10.1. The molecule has 2 aromatic rings. The fraction of sp³-hybridized carbons (Fsp3) is 0.333. The van der Waals surface area contributed by atoms with Gasteiger partial charge in [-0.15, -0.1) is 0 Å². The number of sulfonamides is 1. The Hall–Kier alpha value is -3.05. The Morgan fingerprint density at radius 1 is 1.34 bits per heavy atom. The Morgan fingerprint density at radius 2 is 2.10 bits per heavy atom. The summed E-state index contributed by atoms with van der Waals surface area (Å²) in [5, 5.41) is 11.0. The standard InChI is InChI=1S/C18H20N4O6S/c1-12-4-5-13(22(24)25)9-17(12)29(26,27)21-8-2-3-15(11-21)28-14-6-7-20-16(10-14)18(19)23/h4-7,9-10,15H,2-3,8,11H2,1H3,(H2,19,23). The highest BCUT2D eigenvalue weighted by Gasteiger charge is 2.33. The van der Waals surface area contributed by atoms with Gasteiger partial charge in [0.25, 0.3) is 11.6 Å². The van der Waals surface area contributed by atoms with E-state index >= 15 is 0 Å². The molecular formula is C18H20N4O6S. The molecule has 154 valence electrons. The number of carbonyl (C=O) groups excluding carboxylic acids is 1. The summed E-state index contributed by atoms with van der Waals surface area (Å²) in [5.74, 6) is -0.325. The topological polar surface area (TPSA) is 146 Å². The average molecular weight is 420 g/mol. The van der Waals surface area contributed by atoms with E-state index in [1.807, 2.05) is 0 Å². The van der Waals surface area contributed by atoms with E-state index in [1.54, 1.807) is 13.0 Å². The van der Waals surface area contributed by atoms with Crippen LogP contribution in [0.4, 0.5) is 5.69 Å². The number of nitro groups is 1. The third-order valence-electron chi connectivity index (χ3n) is 4.63. The van der Waals surface area contributed by atoms with Crippen molar-refractivity contribution in [1.82, 2.24) is 9.29 Å². The minimum Gasteiger partial charge on any atom is -0.489 e. The van der Waals surface area contributed by atoms with Crippen molar-refractivity contribution in [1.29, 1.82) is 0 Å². The van der Waals surface area contributed by atoms with Crippen molar-refractivity contribution in [3.63, 3.8) is 0 Å². The minimum absolute atomic E-state index is 0.0509. The van der Waals surface area contributed by atoms with Gasteiger partial charge in [0.1, 0.15) is 17.5 Å². The summed E-state index contributed by atoms with van der Waals surface area (Å²) in [6.45, 7) is 1.96. The van der Waals surface area contributed by atoms with E-state index in [-0.39, 0.29) is 29.4 Å². The van der Waals surface area contributed by atoms with Gasteiger partial charge in [-0.2, -0.15) is 4.31 Å². The lowest BCUT2D eigenvalue weighted by Gasteiger charge is -2.32. The van der Waals surface area contributed by atoms with Crippen LogP contribution < -0.4 is 10.5 Å². The van der Waals surface area contributed by atoms with E-state index in [0.717, 1.165) is 6.07 Å². The minimum atomic E-state index is -3.93. The molecule has 1 fully saturated rings. The normalized spacial score (nSPS) is 17.6. The van der Waals surface area contributed by atoms with E-state index in [4.69, 9.17) is 10.5 Å². The highest BCUT2D eigenvalue weighted by Crippen LogP contribution is 2.28. The van der Waals surface area contributed by atoms with Gasteiger partial charge < -0.3 is 10.5 Å². The lowest BCUT2D eigenvalue weighted by Crippen LogP contribution is -2.44. The molecule has 1 atom stereocenters. The maximum absolute atomic E-state index is 13.1. The number of hydrogen-bond donors (Lipinski definition) is 1. The van der Waals surface area contributed by atoms with Crippen molar-refractivity contribution in [3.05, 3.63) is 57.9 Å². The van der Waals surface area contributed by atoms with Crippen molar-refractivity contribution in [2.75, 3.05) is 13.1 Å². The van der Waals surface area contributed by atoms with Gasteiger partial charge >= 0.3 is 0 Å². The Balaban J connectivity index is 1.81. The van der Waals surface area contributed by atoms with Gasteiger partial charge in [-0.05, 0) is 31.4 Å². The Kier molecular flexibility index (Phi) is 5.80. The molecule has 2 heterocycles. The number of piperidine rings is 1. The number of nitro benzene ring substituents is 1. The van der Waals surface area contributed by atoms with Crippen molar-refractivity contribution >= 4 is 21.6 Å². The highest BCUT2D eigenvalue weighted by atomic mass is 32.2. The van der Waals surface area contributed by atoms with Gasteiger partial charge in [0.2, 0.25) is 10.0 Å². The molecule has 1 aliphatic rings. The van der Waals surface area contributed by atoms with Gasteiger partial charge in [-0.25, -0.2) is 8.42 Å². The number of aromatic nitrogens is 1. The zero-order valence-corrected chi connectivity index (χ0v) is 16.5. The van der Waals surface area contributed by atoms with Crippen LogP contribution >= 0.6 is 0 Å². The van der Waals surface area contributed by atoms with Crippen LogP contribution in [0.15, 0.2) is 41.4 Å². The third kappa shape index (κ3) is 4.51.